The van der Waals surface area contributed by atoms with Crippen molar-refractivity contribution in [1.29, 1.82) is 0 Å². The summed E-state index contributed by atoms with van der Waals surface area (Å²) in [7, 11) is 1.35. The van der Waals surface area contributed by atoms with Crippen LogP contribution in [0.4, 0.5) is 0 Å². The third-order valence-corrected chi connectivity index (χ3v) is 3.36. The first-order valence-electron chi connectivity index (χ1n) is 6.63. The van der Waals surface area contributed by atoms with E-state index in [0.717, 1.165) is 11.1 Å². The van der Waals surface area contributed by atoms with Gasteiger partial charge in [-0.15, -0.1) is 6.42 Å². The Balaban J connectivity index is 2.22. The molecule has 2 aromatic heterocycles. The lowest BCUT2D eigenvalue weighted by Crippen LogP contribution is -2.04. The smallest absolute Gasteiger partial charge is 0.338 e. The number of nitrogens with zero attached hydrogens (tertiary/aromatic N) is 2. The van der Waals surface area contributed by atoms with Crippen molar-refractivity contribution in [2.45, 2.75) is 0 Å². The van der Waals surface area contributed by atoms with Crippen LogP contribution in [0.15, 0.2) is 48.8 Å². The van der Waals surface area contributed by atoms with Crippen LogP contribution in [0, 0.1) is 12.3 Å². The number of carbonyl (C=O) groups is 1. The highest BCUT2D eigenvalue weighted by atomic mass is 16.5. The van der Waals surface area contributed by atoms with Gasteiger partial charge >= 0.3 is 5.97 Å². The first kappa shape index (κ1) is 13.8. The van der Waals surface area contributed by atoms with Gasteiger partial charge in [-0.3, -0.25) is 4.98 Å². The molecule has 0 aliphatic carbocycles. The standard InChI is InChI=1S/C18H12N2O2/c1-3-12-4-6-13(7-5-12)17-10-14(18(21)22-2)15-11-19-9-8-16(15)20-17/h1,4-11H,2H3. The van der Waals surface area contributed by atoms with Gasteiger partial charge in [0.2, 0.25) is 0 Å². The van der Waals surface area contributed by atoms with Crippen LogP contribution in [0.2, 0.25) is 0 Å². The molecule has 0 radical (unpaired) electrons. The Bertz CT molecular complexity index is 893. The van der Waals surface area contributed by atoms with Crippen molar-refractivity contribution >= 4 is 16.9 Å². The van der Waals surface area contributed by atoms with Crippen LogP contribution in [-0.2, 0) is 4.74 Å². The number of methoxy groups -OCH3 is 1. The molecule has 0 aliphatic rings. The van der Waals surface area contributed by atoms with Crippen molar-refractivity contribution in [3.05, 3.63) is 59.9 Å². The molecular weight excluding hydrogens is 276 g/mol. The summed E-state index contributed by atoms with van der Waals surface area (Å²) in [4.78, 5) is 20.6. The van der Waals surface area contributed by atoms with Gasteiger partial charge in [0.1, 0.15) is 0 Å². The minimum atomic E-state index is -0.415. The number of aromatic nitrogens is 2. The number of fused-ring (bicyclic) bond motifs is 1. The predicted octanol–water partition coefficient (Wildman–Crippen LogP) is 3.06. The Labute approximate surface area is 127 Å². The third-order valence-electron chi connectivity index (χ3n) is 3.36. The molecule has 3 aromatic rings. The Kier molecular flexibility index (Phi) is 3.55. The molecule has 0 spiro atoms. The summed E-state index contributed by atoms with van der Waals surface area (Å²) < 4.78 is 4.85. The molecular formula is C18H12N2O2. The van der Waals surface area contributed by atoms with E-state index in [9.17, 15) is 4.79 Å². The van der Waals surface area contributed by atoms with Crippen LogP contribution in [0.25, 0.3) is 22.2 Å². The Morgan fingerprint density at radius 2 is 2.00 bits per heavy atom. The van der Waals surface area contributed by atoms with Gasteiger partial charge in [0.05, 0.1) is 23.9 Å². The lowest BCUT2D eigenvalue weighted by molar-refractivity contribution is 0.0603. The highest BCUT2D eigenvalue weighted by Crippen LogP contribution is 2.25. The van der Waals surface area contributed by atoms with Crippen molar-refractivity contribution in [3.8, 4) is 23.6 Å². The maximum Gasteiger partial charge on any atom is 0.338 e. The minimum Gasteiger partial charge on any atom is -0.465 e. The average molecular weight is 288 g/mol. The number of carbonyl (C=O) groups excluding carboxylic acids is 1. The Morgan fingerprint density at radius 3 is 2.68 bits per heavy atom. The third kappa shape index (κ3) is 2.40. The van der Waals surface area contributed by atoms with Crippen LogP contribution < -0.4 is 0 Å². The number of pyridine rings is 2. The fraction of sp³-hybridized carbons (Fsp3) is 0.0556. The van der Waals surface area contributed by atoms with E-state index in [1.54, 1.807) is 24.5 Å². The molecule has 2 heterocycles. The quantitative estimate of drug-likeness (QED) is 0.537. The summed E-state index contributed by atoms with van der Waals surface area (Å²) in [6.07, 6.45) is 8.61. The van der Waals surface area contributed by atoms with Gasteiger partial charge in [-0.05, 0) is 24.3 Å². The van der Waals surface area contributed by atoms with E-state index in [1.807, 2.05) is 24.3 Å². The first-order chi connectivity index (χ1) is 10.7. The second kappa shape index (κ2) is 5.66. The molecule has 0 bridgehead atoms. The molecule has 1 aromatic carbocycles. The lowest BCUT2D eigenvalue weighted by atomic mass is 10.0. The topological polar surface area (TPSA) is 52.1 Å². The average Bonchev–Trinajstić information content (AvgIpc) is 2.60. The van der Waals surface area contributed by atoms with Gasteiger partial charge in [0, 0.05) is 28.9 Å². The van der Waals surface area contributed by atoms with E-state index < -0.39 is 5.97 Å². The number of ether oxygens (including phenoxy) is 1. The Morgan fingerprint density at radius 1 is 1.23 bits per heavy atom. The normalized spacial score (nSPS) is 10.2. The zero-order valence-corrected chi connectivity index (χ0v) is 11.9. The summed E-state index contributed by atoms with van der Waals surface area (Å²) >= 11 is 0. The molecule has 4 nitrogen and oxygen atoms in total. The van der Waals surface area contributed by atoms with Gasteiger partial charge < -0.3 is 4.74 Å². The van der Waals surface area contributed by atoms with Crippen LogP contribution in [0.1, 0.15) is 15.9 Å². The van der Waals surface area contributed by atoms with Crippen LogP contribution in [0.5, 0.6) is 0 Å². The molecule has 0 saturated carbocycles. The molecule has 0 atom stereocenters. The van der Waals surface area contributed by atoms with Crippen molar-refractivity contribution in [2.24, 2.45) is 0 Å². The van der Waals surface area contributed by atoms with Crippen molar-refractivity contribution < 1.29 is 9.53 Å². The zero-order valence-electron chi connectivity index (χ0n) is 11.9. The van der Waals surface area contributed by atoms with E-state index >= 15 is 0 Å². The lowest BCUT2D eigenvalue weighted by Gasteiger charge is -2.08. The van der Waals surface area contributed by atoms with Crippen molar-refractivity contribution in [1.82, 2.24) is 9.97 Å². The number of esters is 1. The van der Waals surface area contributed by atoms with Crippen LogP contribution in [0.3, 0.4) is 0 Å². The van der Waals surface area contributed by atoms with Gasteiger partial charge in [-0.2, -0.15) is 0 Å². The number of hydrogen-bond donors (Lipinski definition) is 0. The monoisotopic (exact) mass is 288 g/mol. The second-order valence-electron chi connectivity index (χ2n) is 4.66. The maximum atomic E-state index is 12.0. The van der Waals surface area contributed by atoms with E-state index in [1.165, 1.54) is 7.11 Å². The largest absolute Gasteiger partial charge is 0.465 e. The number of benzene rings is 1. The van der Waals surface area contributed by atoms with E-state index in [-0.39, 0.29) is 0 Å². The van der Waals surface area contributed by atoms with Crippen LogP contribution >= 0.6 is 0 Å². The highest BCUT2D eigenvalue weighted by molar-refractivity contribution is 6.04. The summed E-state index contributed by atoms with van der Waals surface area (Å²) in [5.74, 6) is 2.16. The molecule has 0 amide bonds. The van der Waals surface area contributed by atoms with E-state index in [0.29, 0.717) is 22.2 Å². The molecule has 0 unspecified atom stereocenters. The molecule has 0 fully saturated rings. The summed E-state index contributed by atoms with van der Waals surface area (Å²) in [5, 5.41) is 0.665. The first-order valence-corrected chi connectivity index (χ1v) is 6.63. The van der Waals surface area contributed by atoms with Crippen molar-refractivity contribution in [3.63, 3.8) is 0 Å². The maximum absolute atomic E-state index is 12.0. The fourth-order valence-corrected chi connectivity index (χ4v) is 2.23. The molecule has 22 heavy (non-hydrogen) atoms. The van der Waals surface area contributed by atoms with E-state index in [4.69, 9.17) is 11.2 Å². The molecule has 4 heteroatoms. The van der Waals surface area contributed by atoms with Gasteiger partial charge in [-0.25, -0.2) is 9.78 Å². The van der Waals surface area contributed by atoms with Gasteiger partial charge in [0.25, 0.3) is 0 Å². The Hall–Kier alpha value is -3.19. The molecule has 3 rings (SSSR count). The fourth-order valence-electron chi connectivity index (χ4n) is 2.23. The highest BCUT2D eigenvalue weighted by Gasteiger charge is 2.14. The SMILES string of the molecule is C#Cc1ccc(-c2cc(C(=O)OC)c3cnccc3n2)cc1. The molecule has 0 N–H and O–H groups in total. The number of terminal acetylenes is 1. The number of hydrogen-bond acceptors (Lipinski definition) is 4. The van der Waals surface area contributed by atoms with Crippen molar-refractivity contribution in [2.75, 3.05) is 7.11 Å². The van der Waals surface area contributed by atoms with E-state index in [2.05, 4.69) is 15.9 Å². The number of rotatable bonds is 2. The zero-order chi connectivity index (χ0) is 15.5. The molecule has 106 valence electrons. The van der Waals surface area contributed by atoms with Gasteiger partial charge in [-0.1, -0.05) is 18.1 Å². The predicted molar refractivity (Wildman–Crippen MR) is 84.2 cm³/mol. The molecule has 0 aliphatic heterocycles. The van der Waals surface area contributed by atoms with Crippen LogP contribution in [-0.4, -0.2) is 23.0 Å². The summed E-state index contributed by atoms with van der Waals surface area (Å²) in [6, 6.07) is 10.9. The summed E-state index contributed by atoms with van der Waals surface area (Å²) in [6.45, 7) is 0. The minimum absolute atomic E-state index is 0.415. The summed E-state index contributed by atoms with van der Waals surface area (Å²) in [5.41, 5.74) is 3.48. The van der Waals surface area contributed by atoms with Gasteiger partial charge in [0.15, 0.2) is 0 Å². The molecule has 0 saturated heterocycles. The second-order valence-corrected chi connectivity index (χ2v) is 4.66.